The van der Waals surface area contributed by atoms with E-state index < -0.39 is 35.4 Å². The van der Waals surface area contributed by atoms with Crippen LogP contribution in [-0.4, -0.2) is 47.5 Å². The first kappa shape index (κ1) is 26.3. The average Bonchev–Trinajstić information content (AvgIpc) is 3.29. The average molecular weight is 521 g/mol. The van der Waals surface area contributed by atoms with Gasteiger partial charge in [0.1, 0.15) is 11.6 Å². The molecule has 0 saturated heterocycles. The highest BCUT2D eigenvalue weighted by Gasteiger charge is 2.43. The molecule has 0 heterocycles. The highest BCUT2D eigenvalue weighted by atomic mass is 35.5. The summed E-state index contributed by atoms with van der Waals surface area (Å²) in [5.74, 6) is -2.20. The monoisotopic (exact) mass is 520 g/mol. The Bertz CT molecular complexity index is 1100. The van der Waals surface area contributed by atoms with Crippen molar-refractivity contribution in [3.63, 3.8) is 0 Å². The number of anilines is 1. The second kappa shape index (κ2) is 11.4. The van der Waals surface area contributed by atoms with Gasteiger partial charge in [-0.3, -0.25) is 9.59 Å². The number of carbonyl (C=O) groups excluding carboxylic acids is 3. The summed E-state index contributed by atoms with van der Waals surface area (Å²) in [5, 5.41) is 20.5. The first-order chi connectivity index (χ1) is 16.6. The van der Waals surface area contributed by atoms with Gasteiger partial charge in [-0.25, -0.2) is 9.59 Å². The number of hydrogen-bond acceptors (Lipinski definition) is 4. The molecule has 0 unspecified atom stereocenters. The summed E-state index contributed by atoms with van der Waals surface area (Å²) >= 11 is 12.2. The van der Waals surface area contributed by atoms with Gasteiger partial charge < -0.3 is 26.4 Å². The molecule has 0 spiro atoms. The molecule has 0 bridgehead atoms. The molecule has 1 saturated carbocycles. The molecule has 0 aliphatic heterocycles. The molecule has 186 valence electrons. The number of amides is 4. The molecular weight excluding hydrogens is 495 g/mol. The Morgan fingerprint density at radius 2 is 1.60 bits per heavy atom. The Kier molecular flexibility index (Phi) is 8.58. The largest absolute Gasteiger partial charge is 0.480 e. The van der Waals surface area contributed by atoms with Gasteiger partial charge in [-0.05, 0) is 42.7 Å². The molecule has 1 aliphatic rings. The van der Waals surface area contributed by atoms with Gasteiger partial charge in [-0.2, -0.15) is 0 Å². The Labute approximate surface area is 212 Å². The van der Waals surface area contributed by atoms with Gasteiger partial charge in [-0.15, -0.1) is 0 Å². The van der Waals surface area contributed by atoms with Crippen LogP contribution in [0.25, 0.3) is 0 Å². The van der Waals surface area contributed by atoms with Gasteiger partial charge in [0.05, 0.1) is 15.6 Å². The van der Waals surface area contributed by atoms with Gasteiger partial charge in [0.15, 0.2) is 0 Å². The minimum absolute atomic E-state index is 0.0156. The fourth-order valence-electron chi connectivity index (χ4n) is 4.03. The lowest BCUT2D eigenvalue weighted by Crippen LogP contribution is -2.61. The van der Waals surface area contributed by atoms with Gasteiger partial charge in [0.2, 0.25) is 5.91 Å². The zero-order valence-electron chi connectivity index (χ0n) is 19.0. The molecule has 1 atom stereocenters. The highest BCUT2D eigenvalue weighted by molar-refractivity contribution is 6.40. The number of benzene rings is 2. The van der Waals surface area contributed by atoms with Crippen molar-refractivity contribution in [2.75, 3.05) is 12.4 Å². The van der Waals surface area contributed by atoms with Crippen LogP contribution in [0.5, 0.6) is 0 Å². The van der Waals surface area contributed by atoms with Crippen molar-refractivity contribution in [1.29, 1.82) is 0 Å². The maximum Gasteiger partial charge on any atom is 0.326 e. The lowest BCUT2D eigenvalue weighted by atomic mass is 9.95. The van der Waals surface area contributed by atoms with Crippen molar-refractivity contribution in [1.82, 2.24) is 16.0 Å². The van der Waals surface area contributed by atoms with Gasteiger partial charge in [0, 0.05) is 19.2 Å². The second-order valence-corrected chi connectivity index (χ2v) is 9.12. The smallest absolute Gasteiger partial charge is 0.326 e. The molecule has 35 heavy (non-hydrogen) atoms. The standard InChI is InChI=1S/C24H26Cl2N4O5/c1-27-23(35)30-24(11-2-3-12-24)22(34)29-18(21(32)33)13-14-7-9-15(10-8-14)28-20(31)19-16(25)5-4-6-17(19)26/h4-10,18H,2-3,11-13H2,1H3,(H,28,31)(H,29,34)(H,32,33)(H2,27,30,35)/t18-/m0/s1. The van der Waals surface area contributed by atoms with Gasteiger partial charge >= 0.3 is 12.0 Å². The van der Waals surface area contributed by atoms with Crippen molar-refractivity contribution in [3.8, 4) is 0 Å². The van der Waals surface area contributed by atoms with Crippen LogP contribution in [0.4, 0.5) is 10.5 Å². The van der Waals surface area contributed by atoms with E-state index in [1.807, 2.05) is 0 Å². The van der Waals surface area contributed by atoms with Crippen molar-refractivity contribution >= 4 is 52.7 Å². The first-order valence-electron chi connectivity index (χ1n) is 11.0. The molecule has 1 aliphatic carbocycles. The van der Waals surface area contributed by atoms with Crippen molar-refractivity contribution < 1.29 is 24.3 Å². The van der Waals surface area contributed by atoms with E-state index in [1.54, 1.807) is 42.5 Å². The Morgan fingerprint density at radius 1 is 1.00 bits per heavy atom. The summed E-state index contributed by atoms with van der Waals surface area (Å²) in [6.45, 7) is 0. The number of hydrogen-bond donors (Lipinski definition) is 5. The molecule has 0 radical (unpaired) electrons. The van der Waals surface area contributed by atoms with Gasteiger partial charge in [0.25, 0.3) is 5.91 Å². The van der Waals surface area contributed by atoms with Crippen LogP contribution in [0.2, 0.25) is 10.0 Å². The predicted octanol–water partition coefficient (Wildman–Crippen LogP) is 3.60. The lowest BCUT2D eigenvalue weighted by molar-refractivity contribution is -0.142. The second-order valence-electron chi connectivity index (χ2n) is 8.31. The zero-order valence-corrected chi connectivity index (χ0v) is 20.5. The van der Waals surface area contributed by atoms with Gasteiger partial charge in [-0.1, -0.05) is 54.2 Å². The Hall–Kier alpha value is -3.30. The molecule has 5 N–H and O–H groups in total. The maximum absolute atomic E-state index is 13.0. The van der Waals surface area contributed by atoms with Crippen molar-refractivity contribution in [2.45, 2.75) is 43.7 Å². The Balaban J connectivity index is 1.67. The van der Waals surface area contributed by atoms with E-state index in [9.17, 15) is 24.3 Å². The predicted molar refractivity (Wildman–Crippen MR) is 133 cm³/mol. The number of carbonyl (C=O) groups is 4. The van der Waals surface area contributed by atoms with Crippen LogP contribution < -0.4 is 21.3 Å². The fourth-order valence-corrected chi connectivity index (χ4v) is 4.60. The van der Waals surface area contributed by atoms with E-state index in [2.05, 4.69) is 21.3 Å². The third kappa shape index (κ3) is 6.43. The molecular formula is C24H26Cl2N4O5. The van der Waals surface area contributed by atoms with Crippen LogP contribution >= 0.6 is 23.2 Å². The molecule has 2 aromatic rings. The van der Waals surface area contributed by atoms with E-state index in [4.69, 9.17) is 23.2 Å². The fraction of sp³-hybridized carbons (Fsp3) is 0.333. The lowest BCUT2D eigenvalue weighted by Gasteiger charge is -2.30. The molecule has 1 fully saturated rings. The summed E-state index contributed by atoms with van der Waals surface area (Å²) in [5.41, 5.74) is 0.110. The SMILES string of the molecule is CNC(=O)NC1(C(=O)N[C@@H](Cc2ccc(NC(=O)c3c(Cl)cccc3Cl)cc2)C(=O)O)CCCC1. The summed E-state index contributed by atoms with van der Waals surface area (Å²) < 4.78 is 0. The van der Waals surface area contributed by atoms with Crippen molar-refractivity contribution in [2.24, 2.45) is 0 Å². The minimum Gasteiger partial charge on any atom is -0.480 e. The first-order valence-corrected chi connectivity index (χ1v) is 11.8. The van der Waals surface area contributed by atoms with Crippen LogP contribution in [-0.2, 0) is 16.0 Å². The number of nitrogens with one attached hydrogen (secondary N) is 4. The van der Waals surface area contributed by atoms with E-state index in [1.165, 1.54) is 7.05 Å². The van der Waals surface area contributed by atoms with Crippen LogP contribution in [0.15, 0.2) is 42.5 Å². The van der Waals surface area contributed by atoms with Crippen molar-refractivity contribution in [3.05, 3.63) is 63.6 Å². The topological polar surface area (TPSA) is 137 Å². The van der Waals surface area contributed by atoms with Crippen LogP contribution in [0.1, 0.15) is 41.6 Å². The molecule has 0 aromatic heterocycles. The third-order valence-corrected chi connectivity index (χ3v) is 6.55. The van der Waals surface area contributed by atoms with E-state index >= 15 is 0 Å². The summed E-state index contributed by atoms with van der Waals surface area (Å²) in [4.78, 5) is 49.3. The number of rotatable bonds is 8. The van der Waals surface area contributed by atoms with Crippen LogP contribution in [0, 0.1) is 0 Å². The summed E-state index contributed by atoms with van der Waals surface area (Å²) in [7, 11) is 1.45. The van der Waals surface area contributed by atoms with E-state index in [0.29, 0.717) is 24.1 Å². The number of carboxylic acid groups (broad SMARTS) is 1. The Morgan fingerprint density at radius 3 is 2.14 bits per heavy atom. The zero-order chi connectivity index (χ0) is 25.6. The summed E-state index contributed by atoms with van der Waals surface area (Å²) in [6.07, 6.45) is 2.38. The molecule has 4 amide bonds. The van der Waals surface area contributed by atoms with Crippen LogP contribution in [0.3, 0.4) is 0 Å². The third-order valence-electron chi connectivity index (χ3n) is 5.92. The molecule has 11 heteroatoms. The number of urea groups is 1. The molecule has 2 aromatic carbocycles. The summed E-state index contributed by atoms with van der Waals surface area (Å²) in [6, 6.07) is 9.60. The minimum atomic E-state index is -1.20. The number of aliphatic carboxylic acids is 1. The molecule has 3 rings (SSSR count). The maximum atomic E-state index is 13.0. The van der Waals surface area contributed by atoms with E-state index in [0.717, 1.165) is 12.8 Å². The highest BCUT2D eigenvalue weighted by Crippen LogP contribution is 2.30. The van der Waals surface area contributed by atoms with E-state index in [-0.39, 0.29) is 22.0 Å². The normalized spacial score (nSPS) is 15.1. The number of halogens is 2. The molecule has 9 nitrogen and oxygen atoms in total. The number of carboxylic acids is 1. The quantitative estimate of drug-likeness (QED) is 0.362.